The highest BCUT2D eigenvalue weighted by Gasteiger charge is 2.25. The van der Waals surface area contributed by atoms with Gasteiger partial charge in [-0.1, -0.05) is 18.2 Å². The average Bonchev–Trinajstić information content (AvgIpc) is 2.47. The molecule has 1 aromatic heterocycles. The normalized spacial score (nSPS) is 17.5. The second-order valence-corrected chi connectivity index (χ2v) is 5.61. The summed E-state index contributed by atoms with van der Waals surface area (Å²) in [5, 5.41) is 3.22. The van der Waals surface area contributed by atoms with E-state index in [1.165, 1.54) is 11.3 Å². The van der Waals surface area contributed by atoms with Gasteiger partial charge in [-0.3, -0.25) is 0 Å². The van der Waals surface area contributed by atoms with Crippen LogP contribution in [0.2, 0.25) is 0 Å². The molecule has 4 heteroatoms. The van der Waals surface area contributed by atoms with Crippen molar-refractivity contribution in [2.75, 3.05) is 16.8 Å². The van der Waals surface area contributed by atoms with Gasteiger partial charge in [-0.25, -0.2) is 4.98 Å². The number of nitrogens with zero attached hydrogens (tertiary/aromatic N) is 3. The van der Waals surface area contributed by atoms with Gasteiger partial charge in [0.05, 0.1) is 0 Å². The summed E-state index contributed by atoms with van der Waals surface area (Å²) in [4.78, 5) is 11.5. The first-order chi connectivity index (χ1) is 10.2. The quantitative estimate of drug-likeness (QED) is 0.932. The predicted octanol–water partition coefficient (Wildman–Crippen LogP) is 3.69. The molecule has 0 fully saturated rings. The SMILES string of the molecule is CCNc1nc(C)cc(N2c3ccccc3CCC2C)n1. The van der Waals surface area contributed by atoms with E-state index in [1.807, 2.05) is 6.92 Å². The minimum atomic E-state index is 0.448. The van der Waals surface area contributed by atoms with E-state index < -0.39 is 0 Å². The summed E-state index contributed by atoms with van der Waals surface area (Å²) >= 11 is 0. The number of aryl methyl sites for hydroxylation is 2. The first-order valence-electron chi connectivity index (χ1n) is 7.65. The summed E-state index contributed by atoms with van der Waals surface area (Å²) in [6, 6.07) is 11.1. The summed E-state index contributed by atoms with van der Waals surface area (Å²) < 4.78 is 0. The van der Waals surface area contributed by atoms with Crippen molar-refractivity contribution in [3.05, 3.63) is 41.6 Å². The molecule has 2 aromatic rings. The maximum absolute atomic E-state index is 4.70. The molecule has 1 aliphatic rings. The van der Waals surface area contributed by atoms with Crippen LogP contribution in [0.3, 0.4) is 0 Å². The van der Waals surface area contributed by atoms with Crippen molar-refractivity contribution in [1.29, 1.82) is 0 Å². The van der Waals surface area contributed by atoms with Gasteiger partial charge in [0.25, 0.3) is 0 Å². The Morgan fingerprint density at radius 1 is 1.29 bits per heavy atom. The van der Waals surface area contributed by atoms with E-state index in [-0.39, 0.29) is 0 Å². The second kappa shape index (κ2) is 5.72. The molecule has 0 saturated heterocycles. The minimum Gasteiger partial charge on any atom is -0.354 e. The van der Waals surface area contributed by atoms with Gasteiger partial charge in [0.15, 0.2) is 0 Å². The molecule has 21 heavy (non-hydrogen) atoms. The van der Waals surface area contributed by atoms with Crippen LogP contribution < -0.4 is 10.2 Å². The molecule has 0 radical (unpaired) electrons. The van der Waals surface area contributed by atoms with Crippen molar-refractivity contribution in [1.82, 2.24) is 9.97 Å². The van der Waals surface area contributed by atoms with Gasteiger partial charge in [0, 0.05) is 30.0 Å². The van der Waals surface area contributed by atoms with Crippen LogP contribution in [0.15, 0.2) is 30.3 Å². The van der Waals surface area contributed by atoms with Crippen molar-refractivity contribution in [2.24, 2.45) is 0 Å². The molecule has 0 saturated carbocycles. The van der Waals surface area contributed by atoms with Crippen LogP contribution in [-0.4, -0.2) is 22.6 Å². The van der Waals surface area contributed by atoms with Gasteiger partial charge in [0.1, 0.15) is 5.82 Å². The highest BCUT2D eigenvalue weighted by molar-refractivity contribution is 5.67. The number of benzene rings is 1. The Morgan fingerprint density at radius 3 is 2.90 bits per heavy atom. The summed E-state index contributed by atoms with van der Waals surface area (Å²) in [7, 11) is 0. The van der Waals surface area contributed by atoms with Gasteiger partial charge < -0.3 is 10.2 Å². The molecular weight excluding hydrogens is 260 g/mol. The predicted molar refractivity (Wildman–Crippen MR) is 87.3 cm³/mol. The molecule has 0 bridgehead atoms. The van der Waals surface area contributed by atoms with E-state index in [2.05, 4.69) is 59.4 Å². The molecule has 0 spiro atoms. The molecule has 0 amide bonds. The fraction of sp³-hybridized carbons (Fsp3) is 0.412. The van der Waals surface area contributed by atoms with E-state index in [0.717, 1.165) is 30.9 Å². The topological polar surface area (TPSA) is 41.1 Å². The van der Waals surface area contributed by atoms with E-state index in [1.54, 1.807) is 0 Å². The third-order valence-corrected chi connectivity index (χ3v) is 3.95. The van der Waals surface area contributed by atoms with Gasteiger partial charge in [-0.15, -0.1) is 0 Å². The van der Waals surface area contributed by atoms with Crippen LogP contribution in [0.1, 0.15) is 31.5 Å². The van der Waals surface area contributed by atoms with Gasteiger partial charge in [0.2, 0.25) is 5.95 Å². The molecule has 2 heterocycles. The zero-order valence-electron chi connectivity index (χ0n) is 12.9. The number of rotatable bonds is 3. The first-order valence-corrected chi connectivity index (χ1v) is 7.65. The van der Waals surface area contributed by atoms with Crippen LogP contribution >= 0.6 is 0 Å². The molecule has 110 valence electrons. The number of hydrogen-bond donors (Lipinski definition) is 1. The standard InChI is InChI=1S/C17H22N4/c1-4-18-17-19-12(2)11-16(20-17)21-13(3)9-10-14-7-5-6-8-15(14)21/h5-8,11,13H,4,9-10H2,1-3H3,(H,18,19,20). The van der Waals surface area contributed by atoms with Crippen molar-refractivity contribution < 1.29 is 0 Å². The molecule has 1 aliphatic heterocycles. The van der Waals surface area contributed by atoms with E-state index in [4.69, 9.17) is 4.98 Å². The number of hydrogen-bond acceptors (Lipinski definition) is 4. The highest BCUT2D eigenvalue weighted by Crippen LogP contribution is 2.36. The minimum absolute atomic E-state index is 0.448. The molecule has 1 unspecified atom stereocenters. The van der Waals surface area contributed by atoms with Gasteiger partial charge >= 0.3 is 0 Å². The van der Waals surface area contributed by atoms with Crippen LogP contribution in [0.4, 0.5) is 17.5 Å². The Balaban J connectivity index is 2.07. The Morgan fingerprint density at radius 2 is 2.10 bits per heavy atom. The molecule has 0 aliphatic carbocycles. The third-order valence-electron chi connectivity index (χ3n) is 3.95. The third kappa shape index (κ3) is 2.71. The maximum atomic E-state index is 4.70. The lowest BCUT2D eigenvalue weighted by molar-refractivity contribution is 0.613. The smallest absolute Gasteiger partial charge is 0.224 e. The van der Waals surface area contributed by atoms with Crippen LogP contribution in [0, 0.1) is 6.92 Å². The number of aromatic nitrogens is 2. The van der Waals surface area contributed by atoms with E-state index in [9.17, 15) is 0 Å². The Labute approximate surface area is 126 Å². The summed E-state index contributed by atoms with van der Waals surface area (Å²) in [6.07, 6.45) is 2.29. The zero-order chi connectivity index (χ0) is 14.8. The first kappa shape index (κ1) is 13.9. The second-order valence-electron chi connectivity index (χ2n) is 5.61. The van der Waals surface area contributed by atoms with E-state index >= 15 is 0 Å². The van der Waals surface area contributed by atoms with Crippen LogP contribution in [0.5, 0.6) is 0 Å². The number of fused-ring (bicyclic) bond motifs is 1. The largest absolute Gasteiger partial charge is 0.354 e. The van der Waals surface area contributed by atoms with Crippen LogP contribution in [-0.2, 0) is 6.42 Å². The van der Waals surface area contributed by atoms with Crippen molar-refractivity contribution in [3.8, 4) is 0 Å². The number of nitrogens with one attached hydrogen (secondary N) is 1. The molecule has 1 aromatic carbocycles. The number of para-hydroxylation sites is 1. The molecular formula is C17H22N4. The van der Waals surface area contributed by atoms with Gasteiger partial charge in [-0.2, -0.15) is 4.98 Å². The van der Waals surface area contributed by atoms with Crippen molar-refractivity contribution in [3.63, 3.8) is 0 Å². The average molecular weight is 282 g/mol. The summed E-state index contributed by atoms with van der Waals surface area (Å²) in [5.41, 5.74) is 3.67. The monoisotopic (exact) mass is 282 g/mol. The molecule has 3 rings (SSSR count). The maximum Gasteiger partial charge on any atom is 0.224 e. The lowest BCUT2D eigenvalue weighted by Gasteiger charge is -2.36. The zero-order valence-corrected chi connectivity index (χ0v) is 12.9. The fourth-order valence-corrected chi connectivity index (χ4v) is 2.95. The fourth-order valence-electron chi connectivity index (χ4n) is 2.95. The van der Waals surface area contributed by atoms with Gasteiger partial charge in [-0.05, 0) is 45.2 Å². The lowest BCUT2D eigenvalue weighted by atomic mass is 9.96. The number of anilines is 3. The lowest BCUT2D eigenvalue weighted by Crippen LogP contribution is -2.34. The van der Waals surface area contributed by atoms with E-state index in [0.29, 0.717) is 12.0 Å². The molecule has 1 atom stereocenters. The highest BCUT2D eigenvalue weighted by atomic mass is 15.3. The Hall–Kier alpha value is -2.10. The van der Waals surface area contributed by atoms with Crippen molar-refractivity contribution in [2.45, 2.75) is 39.7 Å². The van der Waals surface area contributed by atoms with Crippen molar-refractivity contribution >= 4 is 17.5 Å². The van der Waals surface area contributed by atoms with Crippen LogP contribution in [0.25, 0.3) is 0 Å². The summed E-state index contributed by atoms with van der Waals surface area (Å²) in [5.74, 6) is 1.70. The Bertz CT molecular complexity index is 638. The molecule has 1 N–H and O–H groups in total. The Kier molecular flexibility index (Phi) is 3.78. The summed E-state index contributed by atoms with van der Waals surface area (Å²) in [6.45, 7) is 7.17. The molecule has 4 nitrogen and oxygen atoms in total.